The van der Waals surface area contributed by atoms with Crippen LogP contribution in [0.25, 0.3) is 0 Å². The van der Waals surface area contributed by atoms with Gasteiger partial charge in [0.2, 0.25) is 0 Å². The van der Waals surface area contributed by atoms with Crippen molar-refractivity contribution in [1.29, 1.82) is 0 Å². The summed E-state index contributed by atoms with van der Waals surface area (Å²) in [6.07, 6.45) is 1.36. The van der Waals surface area contributed by atoms with Crippen molar-refractivity contribution in [3.63, 3.8) is 0 Å². The molecule has 0 aromatic rings. The summed E-state index contributed by atoms with van der Waals surface area (Å²) in [7, 11) is 0. The maximum atomic E-state index is 8.55. The van der Waals surface area contributed by atoms with Gasteiger partial charge < -0.3 is 5.11 Å². The van der Waals surface area contributed by atoms with Gasteiger partial charge >= 0.3 is 0 Å². The van der Waals surface area contributed by atoms with Gasteiger partial charge in [0.1, 0.15) is 5.76 Å². The number of aliphatic imine (C=N–C) groups is 1. The number of hydrogen-bond donors (Lipinski definition) is 1. The molecule has 0 aliphatic carbocycles. The van der Waals surface area contributed by atoms with E-state index in [9.17, 15) is 0 Å². The second-order valence-electron chi connectivity index (χ2n) is 1.11. The molecule has 44 valence electrons. The smallest absolute Gasteiger partial charge is 0.124 e. The average molecular weight is 176 g/mol. The van der Waals surface area contributed by atoms with E-state index in [0.717, 1.165) is 0 Å². The van der Waals surface area contributed by atoms with E-state index in [4.69, 9.17) is 5.11 Å². The lowest BCUT2D eigenvalue weighted by Crippen LogP contribution is -1.72. The summed E-state index contributed by atoms with van der Waals surface area (Å²) in [4.78, 5) is 3.38. The molecule has 0 spiro atoms. The van der Waals surface area contributed by atoms with E-state index in [1.54, 1.807) is 0 Å². The Balaban J connectivity index is 3.99. The van der Waals surface area contributed by atoms with Gasteiger partial charge in [-0.05, 0) is 22.6 Å². The van der Waals surface area contributed by atoms with Gasteiger partial charge in [0.25, 0.3) is 0 Å². The lowest BCUT2D eigenvalue weighted by Gasteiger charge is -1.88. The highest BCUT2D eigenvalue weighted by atomic mass is 79.9. The Hall–Kier alpha value is -0.570. The van der Waals surface area contributed by atoms with Crippen LogP contribution in [-0.4, -0.2) is 11.8 Å². The van der Waals surface area contributed by atoms with E-state index in [0.29, 0.717) is 4.48 Å². The fraction of sp³-hybridized carbons (Fsp3) is 0. The van der Waals surface area contributed by atoms with Crippen LogP contribution in [0, 0.1) is 0 Å². The van der Waals surface area contributed by atoms with Gasteiger partial charge in [-0.25, -0.2) is 0 Å². The van der Waals surface area contributed by atoms with Crippen molar-refractivity contribution in [3.8, 4) is 0 Å². The molecule has 0 aliphatic heterocycles. The molecule has 0 aromatic carbocycles. The Bertz CT molecular complexity index is 139. The summed E-state index contributed by atoms with van der Waals surface area (Å²) in [6.45, 7) is 6.40. The maximum Gasteiger partial charge on any atom is 0.124 e. The first-order chi connectivity index (χ1) is 3.68. The molecule has 0 saturated heterocycles. The topological polar surface area (TPSA) is 32.6 Å². The zero-order chi connectivity index (χ0) is 6.57. The van der Waals surface area contributed by atoms with E-state index in [2.05, 4.69) is 34.2 Å². The zero-order valence-electron chi connectivity index (χ0n) is 4.26. The van der Waals surface area contributed by atoms with E-state index >= 15 is 0 Å². The van der Waals surface area contributed by atoms with E-state index in [-0.39, 0.29) is 5.76 Å². The standard InChI is InChI=1S/C5H6BrNO/c1-4(8)5(6)3-7-2/h3,8H,1-2H2/b5-3+. The highest BCUT2D eigenvalue weighted by Crippen LogP contribution is 2.11. The summed E-state index contributed by atoms with van der Waals surface area (Å²) in [6, 6.07) is 0. The van der Waals surface area contributed by atoms with E-state index in [1.807, 2.05) is 0 Å². The summed E-state index contributed by atoms with van der Waals surface area (Å²) in [5, 5.41) is 8.55. The minimum absolute atomic E-state index is 0.0441. The lowest BCUT2D eigenvalue weighted by atomic mass is 10.5. The van der Waals surface area contributed by atoms with Crippen molar-refractivity contribution in [2.45, 2.75) is 0 Å². The number of aliphatic hydroxyl groups excluding tert-OH is 1. The van der Waals surface area contributed by atoms with Crippen molar-refractivity contribution >= 4 is 22.6 Å². The number of aliphatic hydroxyl groups is 1. The van der Waals surface area contributed by atoms with Crippen LogP contribution >= 0.6 is 15.9 Å². The maximum absolute atomic E-state index is 8.55. The predicted octanol–water partition coefficient (Wildman–Crippen LogP) is 1.99. The molecular formula is C5H6BrNO. The molecule has 1 N–H and O–H groups in total. The highest BCUT2D eigenvalue weighted by molar-refractivity contribution is 9.11. The predicted molar refractivity (Wildman–Crippen MR) is 38.3 cm³/mol. The van der Waals surface area contributed by atoms with Crippen LogP contribution < -0.4 is 0 Å². The summed E-state index contributed by atoms with van der Waals surface area (Å²) >= 11 is 2.98. The molecule has 3 heteroatoms. The van der Waals surface area contributed by atoms with Crippen LogP contribution in [0.3, 0.4) is 0 Å². The van der Waals surface area contributed by atoms with Crippen LogP contribution in [-0.2, 0) is 0 Å². The Labute approximate surface area is 56.4 Å². The van der Waals surface area contributed by atoms with Gasteiger partial charge in [-0.2, -0.15) is 0 Å². The first kappa shape index (κ1) is 7.43. The van der Waals surface area contributed by atoms with Gasteiger partial charge in [-0.3, -0.25) is 4.99 Å². The minimum Gasteiger partial charge on any atom is -0.507 e. The van der Waals surface area contributed by atoms with E-state index < -0.39 is 0 Å². The lowest BCUT2D eigenvalue weighted by molar-refractivity contribution is 0.433. The highest BCUT2D eigenvalue weighted by Gasteiger charge is 1.89. The van der Waals surface area contributed by atoms with Crippen molar-refractivity contribution in [1.82, 2.24) is 0 Å². The number of nitrogens with zero attached hydrogens (tertiary/aromatic N) is 1. The zero-order valence-corrected chi connectivity index (χ0v) is 5.85. The number of hydrogen-bond acceptors (Lipinski definition) is 2. The molecule has 0 atom stereocenters. The molecule has 0 aromatic heterocycles. The van der Waals surface area contributed by atoms with Crippen LogP contribution in [0.1, 0.15) is 0 Å². The first-order valence-corrected chi connectivity index (χ1v) is 2.67. The van der Waals surface area contributed by atoms with Crippen molar-refractivity contribution in [3.05, 3.63) is 23.0 Å². The van der Waals surface area contributed by atoms with Gasteiger partial charge in [-0.1, -0.05) is 6.58 Å². The fourth-order valence-corrected chi connectivity index (χ4v) is 0.299. The molecule has 0 saturated carbocycles. The molecule has 0 heterocycles. The second kappa shape index (κ2) is 3.43. The fourth-order valence-electron chi connectivity index (χ4n) is 0.155. The SMILES string of the molecule is C=N/C=C(/Br)C(=C)O. The monoisotopic (exact) mass is 175 g/mol. The average Bonchev–Trinajstić information content (AvgIpc) is 1.67. The van der Waals surface area contributed by atoms with Crippen molar-refractivity contribution in [2.24, 2.45) is 4.99 Å². The summed E-state index contributed by atoms with van der Waals surface area (Å²) < 4.78 is 0.451. The molecule has 0 fully saturated rings. The van der Waals surface area contributed by atoms with Crippen molar-refractivity contribution < 1.29 is 5.11 Å². The molecule has 8 heavy (non-hydrogen) atoms. The number of halogens is 1. The third-order valence-electron chi connectivity index (χ3n) is 0.480. The second-order valence-corrected chi connectivity index (χ2v) is 1.96. The van der Waals surface area contributed by atoms with Gasteiger partial charge in [0.05, 0.1) is 4.48 Å². The first-order valence-electron chi connectivity index (χ1n) is 1.88. The Morgan fingerprint density at radius 1 is 1.75 bits per heavy atom. The largest absolute Gasteiger partial charge is 0.507 e. The molecule has 0 rings (SSSR count). The van der Waals surface area contributed by atoms with Crippen LogP contribution in [0.4, 0.5) is 0 Å². The molecule has 0 aliphatic rings. The van der Waals surface area contributed by atoms with Crippen LogP contribution in [0.5, 0.6) is 0 Å². The summed E-state index contributed by atoms with van der Waals surface area (Å²) in [5.74, 6) is -0.0441. The molecular weight excluding hydrogens is 170 g/mol. The Kier molecular flexibility index (Phi) is 3.19. The summed E-state index contributed by atoms with van der Waals surface area (Å²) in [5.41, 5.74) is 0. The van der Waals surface area contributed by atoms with Gasteiger partial charge in [0, 0.05) is 6.20 Å². The molecule has 0 bridgehead atoms. The number of rotatable bonds is 2. The van der Waals surface area contributed by atoms with E-state index in [1.165, 1.54) is 6.20 Å². The van der Waals surface area contributed by atoms with Gasteiger partial charge in [-0.15, -0.1) is 0 Å². The minimum atomic E-state index is -0.0441. The normalized spacial score (nSPS) is 10.9. The van der Waals surface area contributed by atoms with Crippen LogP contribution in [0.15, 0.2) is 28.0 Å². The molecule has 0 radical (unpaired) electrons. The molecule has 2 nitrogen and oxygen atoms in total. The van der Waals surface area contributed by atoms with Gasteiger partial charge in [0.15, 0.2) is 0 Å². The third-order valence-corrected chi connectivity index (χ3v) is 1.14. The third kappa shape index (κ3) is 2.58. The molecule has 0 unspecified atom stereocenters. The Morgan fingerprint density at radius 2 is 2.25 bits per heavy atom. The molecule has 0 amide bonds. The number of allylic oxidation sites excluding steroid dienone is 1. The quantitative estimate of drug-likeness (QED) is 0.389. The van der Waals surface area contributed by atoms with Crippen molar-refractivity contribution in [2.75, 3.05) is 0 Å². The van der Waals surface area contributed by atoms with Crippen LogP contribution in [0.2, 0.25) is 0 Å². The Morgan fingerprint density at radius 3 is 2.38 bits per heavy atom.